The van der Waals surface area contributed by atoms with Crippen molar-refractivity contribution in [3.63, 3.8) is 0 Å². The van der Waals surface area contributed by atoms with Crippen LogP contribution < -0.4 is 19.9 Å². The SMILES string of the molecule is COc1nc(Oc2ccc(=O)[nH]n2)nc(N(C)C)n1. The average Bonchev–Trinajstić information content (AvgIpc) is 2.41. The minimum atomic E-state index is -0.324. The largest absolute Gasteiger partial charge is 0.467 e. The maximum absolute atomic E-state index is 10.9. The molecule has 2 aromatic heterocycles. The fourth-order valence-corrected chi connectivity index (χ4v) is 1.15. The van der Waals surface area contributed by atoms with Crippen molar-refractivity contribution in [1.82, 2.24) is 25.1 Å². The molecule has 0 radical (unpaired) electrons. The van der Waals surface area contributed by atoms with Gasteiger partial charge >= 0.3 is 12.0 Å². The first-order chi connectivity index (χ1) is 9.08. The van der Waals surface area contributed by atoms with Gasteiger partial charge in [-0.05, 0) is 0 Å². The molecule has 2 heterocycles. The molecule has 0 atom stereocenters. The first-order valence-corrected chi connectivity index (χ1v) is 5.29. The van der Waals surface area contributed by atoms with Crippen LogP contribution in [0.25, 0.3) is 0 Å². The molecule has 100 valence electrons. The average molecular weight is 264 g/mol. The van der Waals surface area contributed by atoms with E-state index in [9.17, 15) is 4.79 Å². The van der Waals surface area contributed by atoms with Gasteiger partial charge in [-0.15, -0.1) is 10.1 Å². The fourth-order valence-electron chi connectivity index (χ4n) is 1.15. The second-order valence-electron chi connectivity index (χ2n) is 3.66. The van der Waals surface area contributed by atoms with E-state index in [0.717, 1.165) is 0 Å². The number of aromatic nitrogens is 5. The summed E-state index contributed by atoms with van der Waals surface area (Å²) < 4.78 is 10.3. The Morgan fingerprint density at radius 3 is 2.47 bits per heavy atom. The zero-order valence-electron chi connectivity index (χ0n) is 10.6. The van der Waals surface area contributed by atoms with Crippen molar-refractivity contribution in [3.8, 4) is 17.9 Å². The van der Waals surface area contributed by atoms with Crippen molar-refractivity contribution in [2.24, 2.45) is 0 Å². The first-order valence-electron chi connectivity index (χ1n) is 5.29. The van der Waals surface area contributed by atoms with Crippen LogP contribution >= 0.6 is 0 Å². The summed E-state index contributed by atoms with van der Waals surface area (Å²) in [7, 11) is 4.99. The maximum Gasteiger partial charge on any atom is 0.331 e. The van der Waals surface area contributed by atoms with Gasteiger partial charge in [-0.25, -0.2) is 5.10 Å². The van der Waals surface area contributed by atoms with Crippen LogP contribution in [-0.4, -0.2) is 46.4 Å². The number of H-pyrrole nitrogens is 1. The minimum Gasteiger partial charge on any atom is -0.467 e. The van der Waals surface area contributed by atoms with Crippen LogP contribution in [0.15, 0.2) is 16.9 Å². The molecule has 2 aromatic rings. The van der Waals surface area contributed by atoms with Gasteiger partial charge in [0.1, 0.15) is 0 Å². The van der Waals surface area contributed by atoms with Crippen molar-refractivity contribution in [2.75, 3.05) is 26.1 Å². The van der Waals surface area contributed by atoms with Crippen molar-refractivity contribution >= 4 is 5.95 Å². The third-order valence-electron chi connectivity index (χ3n) is 2.01. The van der Waals surface area contributed by atoms with Gasteiger partial charge in [-0.1, -0.05) is 0 Å². The molecule has 19 heavy (non-hydrogen) atoms. The zero-order valence-corrected chi connectivity index (χ0v) is 10.6. The molecule has 0 bridgehead atoms. The van der Waals surface area contributed by atoms with Crippen molar-refractivity contribution in [3.05, 3.63) is 22.5 Å². The van der Waals surface area contributed by atoms with E-state index >= 15 is 0 Å². The van der Waals surface area contributed by atoms with E-state index < -0.39 is 0 Å². The summed E-state index contributed by atoms with van der Waals surface area (Å²) in [5, 5.41) is 5.93. The molecule has 0 saturated heterocycles. The predicted octanol–water partition coefficient (Wildman–Crippen LogP) is -0.178. The second kappa shape index (κ2) is 5.29. The number of nitrogens with zero attached hydrogens (tertiary/aromatic N) is 5. The highest BCUT2D eigenvalue weighted by atomic mass is 16.5. The molecule has 9 heteroatoms. The molecule has 9 nitrogen and oxygen atoms in total. The Morgan fingerprint density at radius 1 is 1.16 bits per heavy atom. The number of anilines is 1. The fraction of sp³-hybridized carbons (Fsp3) is 0.300. The molecule has 0 unspecified atom stereocenters. The van der Waals surface area contributed by atoms with Crippen molar-refractivity contribution in [1.29, 1.82) is 0 Å². The topological polar surface area (TPSA) is 106 Å². The van der Waals surface area contributed by atoms with Crippen LogP contribution in [0.2, 0.25) is 0 Å². The number of nitrogens with one attached hydrogen (secondary N) is 1. The smallest absolute Gasteiger partial charge is 0.331 e. The van der Waals surface area contributed by atoms with E-state index in [4.69, 9.17) is 9.47 Å². The van der Waals surface area contributed by atoms with Gasteiger partial charge < -0.3 is 14.4 Å². The molecule has 0 fully saturated rings. The van der Waals surface area contributed by atoms with E-state index in [2.05, 4.69) is 25.1 Å². The number of methoxy groups -OCH3 is 1. The summed E-state index contributed by atoms with van der Waals surface area (Å²) >= 11 is 0. The standard InChI is InChI=1S/C10H12N6O3/c1-16(2)8-11-9(18-3)13-10(12-8)19-7-5-4-6(17)14-15-7/h4-5H,1-3H3,(H,14,17). The summed E-state index contributed by atoms with van der Waals surface area (Å²) in [6.07, 6.45) is 0. The lowest BCUT2D eigenvalue weighted by Crippen LogP contribution is -2.14. The number of aromatic amines is 1. The highest BCUT2D eigenvalue weighted by molar-refractivity contribution is 5.30. The lowest BCUT2D eigenvalue weighted by molar-refractivity contribution is 0.355. The number of ether oxygens (including phenoxy) is 2. The summed E-state index contributed by atoms with van der Waals surface area (Å²) in [6.45, 7) is 0. The third-order valence-corrected chi connectivity index (χ3v) is 2.01. The Morgan fingerprint density at radius 2 is 1.89 bits per heavy atom. The highest BCUT2D eigenvalue weighted by Gasteiger charge is 2.10. The molecule has 0 aliphatic rings. The molecule has 0 aromatic carbocycles. The minimum absolute atomic E-state index is 0.0232. The van der Waals surface area contributed by atoms with Crippen LogP contribution in [0.5, 0.6) is 17.9 Å². The van der Waals surface area contributed by atoms with Crippen LogP contribution in [0, 0.1) is 0 Å². The number of hydrogen-bond donors (Lipinski definition) is 1. The van der Waals surface area contributed by atoms with Crippen LogP contribution in [0.3, 0.4) is 0 Å². The molecule has 0 spiro atoms. The number of hydrogen-bond acceptors (Lipinski definition) is 8. The van der Waals surface area contributed by atoms with E-state index in [-0.39, 0.29) is 23.5 Å². The molecule has 1 N–H and O–H groups in total. The summed E-state index contributed by atoms with van der Waals surface area (Å²) in [4.78, 5) is 24.6. The van der Waals surface area contributed by atoms with E-state index in [1.165, 1.54) is 19.2 Å². The third kappa shape index (κ3) is 3.15. The Labute approximate surface area is 108 Å². The lowest BCUT2D eigenvalue weighted by atomic mass is 10.6. The maximum atomic E-state index is 10.9. The van der Waals surface area contributed by atoms with Crippen molar-refractivity contribution < 1.29 is 9.47 Å². The summed E-state index contributed by atoms with van der Waals surface area (Å²) in [6, 6.07) is 2.84. The van der Waals surface area contributed by atoms with Gasteiger partial charge in [0.05, 0.1) is 7.11 Å². The molecule has 0 saturated carbocycles. The molecule has 0 aliphatic heterocycles. The highest BCUT2D eigenvalue weighted by Crippen LogP contribution is 2.18. The van der Waals surface area contributed by atoms with Crippen LogP contribution in [-0.2, 0) is 0 Å². The normalized spacial score (nSPS) is 10.1. The van der Waals surface area contributed by atoms with Gasteiger partial charge in [0, 0.05) is 26.2 Å². The number of rotatable bonds is 4. The van der Waals surface area contributed by atoms with Gasteiger partial charge in [-0.2, -0.15) is 9.97 Å². The first kappa shape index (κ1) is 12.7. The summed E-state index contributed by atoms with van der Waals surface area (Å²) in [5.74, 6) is 0.545. The van der Waals surface area contributed by atoms with Crippen molar-refractivity contribution in [2.45, 2.75) is 0 Å². The molecule has 2 rings (SSSR count). The Balaban J connectivity index is 2.31. The quantitative estimate of drug-likeness (QED) is 0.810. The van der Waals surface area contributed by atoms with Gasteiger partial charge in [0.25, 0.3) is 5.56 Å². The van der Waals surface area contributed by atoms with Crippen LogP contribution in [0.1, 0.15) is 0 Å². The van der Waals surface area contributed by atoms with Gasteiger partial charge in [0.15, 0.2) is 0 Å². The van der Waals surface area contributed by atoms with Gasteiger partial charge in [0.2, 0.25) is 11.8 Å². The second-order valence-corrected chi connectivity index (χ2v) is 3.66. The predicted molar refractivity (Wildman–Crippen MR) is 65.6 cm³/mol. The summed E-state index contributed by atoms with van der Waals surface area (Å²) in [5.41, 5.74) is -0.324. The Hall–Kier alpha value is -2.71. The Bertz CT molecular complexity index is 606. The lowest BCUT2D eigenvalue weighted by Gasteiger charge is -2.11. The van der Waals surface area contributed by atoms with E-state index in [1.807, 2.05) is 0 Å². The zero-order chi connectivity index (χ0) is 13.8. The molecular formula is C10H12N6O3. The van der Waals surface area contributed by atoms with Crippen LogP contribution in [0.4, 0.5) is 5.95 Å². The molecular weight excluding hydrogens is 252 g/mol. The monoisotopic (exact) mass is 264 g/mol. The van der Waals surface area contributed by atoms with E-state index in [0.29, 0.717) is 5.95 Å². The molecule has 0 amide bonds. The van der Waals surface area contributed by atoms with Gasteiger partial charge in [-0.3, -0.25) is 4.79 Å². The molecule has 0 aliphatic carbocycles. The Kier molecular flexibility index (Phi) is 3.55. The van der Waals surface area contributed by atoms with E-state index in [1.54, 1.807) is 19.0 Å².